The van der Waals surface area contributed by atoms with Gasteiger partial charge in [-0.05, 0) is 31.5 Å². The molecule has 144 valence electrons. The number of nitrogens with zero attached hydrogens (tertiary/aromatic N) is 3. The number of benzene rings is 1. The summed E-state index contributed by atoms with van der Waals surface area (Å²) in [5, 5.41) is 11.3. The Morgan fingerprint density at radius 3 is 2.78 bits per heavy atom. The van der Waals surface area contributed by atoms with Crippen molar-refractivity contribution in [2.24, 2.45) is 0 Å². The molecule has 1 aliphatic rings. The highest BCUT2D eigenvalue weighted by Gasteiger charge is 2.47. The second-order valence-corrected chi connectivity index (χ2v) is 7.41. The monoisotopic (exact) mass is 390 g/mol. The number of nitrogens with one attached hydrogen (secondary N) is 1. The Labute approximate surface area is 163 Å². The maximum Gasteiger partial charge on any atom is 0.325 e. The van der Waals surface area contributed by atoms with Crippen LogP contribution in [0.3, 0.4) is 0 Å². The van der Waals surface area contributed by atoms with Crippen molar-refractivity contribution >= 4 is 23.5 Å². The summed E-state index contributed by atoms with van der Waals surface area (Å²) in [6.07, 6.45) is 4.79. The van der Waals surface area contributed by atoms with E-state index in [1.807, 2.05) is 0 Å². The largest absolute Gasteiger partial charge is 0.419 e. The van der Waals surface area contributed by atoms with Crippen LogP contribution in [0.25, 0.3) is 11.5 Å². The van der Waals surface area contributed by atoms with Gasteiger partial charge < -0.3 is 9.73 Å². The summed E-state index contributed by atoms with van der Waals surface area (Å²) in [7, 11) is 0. The number of amides is 3. The molecule has 0 saturated carbocycles. The van der Waals surface area contributed by atoms with Gasteiger partial charge in [0.15, 0.2) is 0 Å². The molecule has 1 aliphatic heterocycles. The lowest BCUT2D eigenvalue weighted by Crippen LogP contribution is -2.43. The molecule has 27 heavy (non-hydrogen) atoms. The predicted molar refractivity (Wildman–Crippen MR) is 101 cm³/mol. The molecule has 1 aromatic heterocycles. The number of hydrogen-bond acceptors (Lipinski definition) is 5. The molecule has 0 spiro atoms. The number of urea groups is 1. The van der Waals surface area contributed by atoms with Crippen LogP contribution in [0.15, 0.2) is 28.7 Å². The second-order valence-electron chi connectivity index (χ2n) is 6.98. The first-order chi connectivity index (χ1) is 12.9. The van der Waals surface area contributed by atoms with E-state index < -0.39 is 11.6 Å². The predicted octanol–water partition coefficient (Wildman–Crippen LogP) is 4.17. The Kier molecular flexibility index (Phi) is 5.79. The lowest BCUT2D eigenvalue weighted by molar-refractivity contribution is -0.131. The van der Waals surface area contributed by atoms with Gasteiger partial charge in [-0.3, -0.25) is 9.69 Å². The van der Waals surface area contributed by atoms with Crippen LogP contribution in [0.2, 0.25) is 5.02 Å². The van der Waals surface area contributed by atoms with Gasteiger partial charge in [0.1, 0.15) is 12.1 Å². The van der Waals surface area contributed by atoms with Crippen molar-refractivity contribution in [3.05, 3.63) is 35.2 Å². The van der Waals surface area contributed by atoms with E-state index in [9.17, 15) is 9.59 Å². The maximum atomic E-state index is 12.8. The van der Waals surface area contributed by atoms with Crippen LogP contribution < -0.4 is 5.32 Å². The van der Waals surface area contributed by atoms with Gasteiger partial charge in [0.2, 0.25) is 11.8 Å². The fourth-order valence-electron chi connectivity index (χ4n) is 3.16. The van der Waals surface area contributed by atoms with E-state index >= 15 is 0 Å². The van der Waals surface area contributed by atoms with Gasteiger partial charge in [-0.1, -0.05) is 50.3 Å². The quantitative estimate of drug-likeness (QED) is 0.539. The molecule has 0 bridgehead atoms. The van der Waals surface area contributed by atoms with Gasteiger partial charge in [-0.25, -0.2) is 4.79 Å². The van der Waals surface area contributed by atoms with Gasteiger partial charge >= 0.3 is 6.03 Å². The normalized spacial score (nSPS) is 19.6. The minimum Gasteiger partial charge on any atom is -0.419 e. The van der Waals surface area contributed by atoms with Crippen molar-refractivity contribution in [1.82, 2.24) is 20.4 Å². The van der Waals surface area contributed by atoms with Crippen LogP contribution in [0.1, 0.15) is 51.8 Å². The van der Waals surface area contributed by atoms with E-state index in [0.717, 1.165) is 30.6 Å². The third-order valence-electron chi connectivity index (χ3n) is 4.71. The van der Waals surface area contributed by atoms with Gasteiger partial charge in [-0.15, -0.1) is 10.2 Å². The van der Waals surface area contributed by atoms with Crippen molar-refractivity contribution in [3.8, 4) is 11.5 Å². The molecular weight excluding hydrogens is 368 g/mol. The van der Waals surface area contributed by atoms with E-state index in [1.165, 1.54) is 0 Å². The maximum absolute atomic E-state index is 12.8. The fourth-order valence-corrected chi connectivity index (χ4v) is 3.35. The lowest BCUT2D eigenvalue weighted by atomic mass is 9.94. The van der Waals surface area contributed by atoms with Crippen molar-refractivity contribution in [3.63, 3.8) is 0 Å². The molecule has 7 nitrogen and oxygen atoms in total. The average molecular weight is 391 g/mol. The number of halogens is 1. The second kappa shape index (κ2) is 8.08. The van der Waals surface area contributed by atoms with Crippen molar-refractivity contribution < 1.29 is 14.0 Å². The zero-order valence-electron chi connectivity index (χ0n) is 15.5. The number of aromatic nitrogens is 2. The number of hydrogen-bond donors (Lipinski definition) is 1. The highest BCUT2D eigenvalue weighted by Crippen LogP contribution is 2.26. The minimum atomic E-state index is -0.874. The molecule has 2 heterocycles. The summed E-state index contributed by atoms with van der Waals surface area (Å²) in [4.78, 5) is 26.2. The summed E-state index contributed by atoms with van der Waals surface area (Å²) in [6, 6.07) is 6.60. The van der Waals surface area contributed by atoms with E-state index in [2.05, 4.69) is 22.4 Å². The van der Waals surface area contributed by atoms with E-state index in [1.54, 1.807) is 31.2 Å². The Hall–Kier alpha value is -2.41. The zero-order valence-corrected chi connectivity index (χ0v) is 16.3. The molecule has 1 fully saturated rings. The van der Waals surface area contributed by atoms with Crippen molar-refractivity contribution in [2.45, 2.75) is 58.0 Å². The molecule has 2 aromatic rings. The lowest BCUT2D eigenvalue weighted by Gasteiger charge is -2.21. The van der Waals surface area contributed by atoms with E-state index in [-0.39, 0.29) is 18.3 Å². The fraction of sp³-hybridized carbons (Fsp3) is 0.474. The highest BCUT2D eigenvalue weighted by molar-refractivity contribution is 6.30. The summed E-state index contributed by atoms with van der Waals surface area (Å²) in [6.45, 7) is 3.85. The molecule has 0 radical (unpaired) electrons. The summed E-state index contributed by atoms with van der Waals surface area (Å²) >= 11 is 5.97. The van der Waals surface area contributed by atoms with Crippen LogP contribution in [0.4, 0.5) is 4.79 Å². The Morgan fingerprint density at radius 2 is 2.04 bits per heavy atom. The third-order valence-corrected chi connectivity index (χ3v) is 4.94. The van der Waals surface area contributed by atoms with Crippen LogP contribution in [-0.4, -0.2) is 32.6 Å². The Bertz CT molecular complexity index is 838. The number of imide groups is 1. The topological polar surface area (TPSA) is 88.3 Å². The van der Waals surface area contributed by atoms with Gasteiger partial charge in [0, 0.05) is 10.6 Å². The van der Waals surface area contributed by atoms with Crippen LogP contribution in [0.5, 0.6) is 0 Å². The highest BCUT2D eigenvalue weighted by atomic mass is 35.5. The molecule has 1 aromatic carbocycles. The SMILES string of the molecule is CCCCCCC1(C)NC(=O)N(Cc2nnc(-c3cccc(Cl)c3)o2)C1=O. The third kappa shape index (κ3) is 4.30. The summed E-state index contributed by atoms with van der Waals surface area (Å²) < 4.78 is 5.61. The number of carbonyl (C=O) groups is 2. The molecule has 3 amide bonds. The molecular formula is C19H23ClN4O3. The molecule has 3 rings (SSSR count). The van der Waals surface area contributed by atoms with Crippen LogP contribution in [0, 0.1) is 0 Å². The molecule has 1 unspecified atom stereocenters. The number of carbonyl (C=O) groups excluding carboxylic acids is 2. The smallest absolute Gasteiger partial charge is 0.325 e. The van der Waals surface area contributed by atoms with Crippen molar-refractivity contribution in [2.75, 3.05) is 0 Å². The van der Waals surface area contributed by atoms with E-state index in [0.29, 0.717) is 22.9 Å². The first-order valence-corrected chi connectivity index (χ1v) is 9.53. The van der Waals surface area contributed by atoms with E-state index in [4.69, 9.17) is 16.0 Å². The Balaban J connectivity index is 1.67. The van der Waals surface area contributed by atoms with Gasteiger partial charge in [0.05, 0.1) is 0 Å². The molecule has 0 aliphatic carbocycles. The molecule has 1 atom stereocenters. The van der Waals surface area contributed by atoms with Crippen molar-refractivity contribution in [1.29, 1.82) is 0 Å². The molecule has 1 N–H and O–H groups in total. The standard InChI is InChI=1S/C19H23ClN4O3/c1-3-4-5-6-10-19(2)17(25)24(18(26)21-19)12-15-22-23-16(27-15)13-8-7-9-14(20)11-13/h7-9,11H,3-6,10,12H2,1-2H3,(H,21,26). The molecule has 8 heteroatoms. The first-order valence-electron chi connectivity index (χ1n) is 9.15. The van der Waals surface area contributed by atoms with Gasteiger partial charge in [0.25, 0.3) is 5.91 Å². The average Bonchev–Trinajstić information content (AvgIpc) is 3.18. The van der Waals surface area contributed by atoms with Crippen LogP contribution in [-0.2, 0) is 11.3 Å². The summed E-state index contributed by atoms with van der Waals surface area (Å²) in [5.74, 6) is 0.233. The minimum absolute atomic E-state index is 0.0528. The number of unbranched alkanes of at least 4 members (excludes halogenated alkanes) is 3. The zero-order chi connectivity index (χ0) is 19.4. The first kappa shape index (κ1) is 19.4. The van der Waals surface area contributed by atoms with Gasteiger partial charge in [-0.2, -0.15) is 0 Å². The Morgan fingerprint density at radius 1 is 1.22 bits per heavy atom. The van der Waals surface area contributed by atoms with Crippen LogP contribution >= 0.6 is 11.6 Å². The molecule has 1 saturated heterocycles. The number of rotatable bonds is 8. The summed E-state index contributed by atoms with van der Waals surface area (Å²) in [5.41, 5.74) is -0.195.